The molecule has 1 aromatic heterocycles. The molecule has 0 fully saturated rings. The second-order valence-electron chi connectivity index (χ2n) is 3.55. The minimum Gasteiger partial charge on any atom is -0.482 e. The van der Waals surface area contributed by atoms with Crippen LogP contribution >= 0.6 is 0 Å². The van der Waals surface area contributed by atoms with Crippen molar-refractivity contribution in [2.24, 2.45) is 0 Å². The average Bonchev–Trinajstić information content (AvgIpc) is 2.87. The number of carbonyl (C=O) groups is 1. The first kappa shape index (κ1) is 12.0. The highest BCUT2D eigenvalue weighted by Crippen LogP contribution is 2.14. The lowest BCUT2D eigenvalue weighted by molar-refractivity contribution is -0.147. The van der Waals surface area contributed by atoms with Crippen molar-refractivity contribution >= 4 is 11.7 Å². The number of nitrogen functional groups attached to an aromatic ring is 1. The van der Waals surface area contributed by atoms with E-state index in [-0.39, 0.29) is 13.2 Å². The van der Waals surface area contributed by atoms with E-state index in [0.29, 0.717) is 17.0 Å². The van der Waals surface area contributed by atoms with Gasteiger partial charge >= 0.3 is 5.97 Å². The van der Waals surface area contributed by atoms with Crippen LogP contribution < -0.4 is 10.5 Å². The van der Waals surface area contributed by atoms with Crippen molar-refractivity contribution in [2.75, 3.05) is 12.3 Å². The fraction of sp³-hybridized carbons (Fsp3) is 0.167. The van der Waals surface area contributed by atoms with Crippen molar-refractivity contribution in [1.82, 2.24) is 5.16 Å². The molecule has 0 spiro atoms. The Balaban J connectivity index is 1.75. The maximum Gasteiger partial charge on any atom is 0.344 e. The lowest BCUT2D eigenvalue weighted by Crippen LogP contribution is -2.14. The summed E-state index contributed by atoms with van der Waals surface area (Å²) < 4.78 is 14.8. The molecule has 6 nitrogen and oxygen atoms in total. The van der Waals surface area contributed by atoms with Crippen LogP contribution in [0.2, 0.25) is 0 Å². The summed E-state index contributed by atoms with van der Waals surface area (Å²) >= 11 is 0. The summed E-state index contributed by atoms with van der Waals surface area (Å²) in [4.78, 5) is 11.4. The molecule has 94 valence electrons. The number of nitrogens with zero attached hydrogens (tertiary/aromatic N) is 1. The maximum atomic E-state index is 11.4. The molecule has 0 unspecified atom stereocenters. The number of aromatic nitrogens is 1. The van der Waals surface area contributed by atoms with Gasteiger partial charge in [-0.05, 0) is 12.1 Å². The van der Waals surface area contributed by atoms with Gasteiger partial charge in [0, 0.05) is 17.3 Å². The molecule has 0 bridgehead atoms. The van der Waals surface area contributed by atoms with Crippen LogP contribution in [0.15, 0.2) is 41.2 Å². The highest BCUT2D eigenvalue weighted by Gasteiger charge is 2.06. The molecular weight excluding hydrogens is 236 g/mol. The fourth-order valence-corrected chi connectivity index (χ4v) is 1.25. The van der Waals surface area contributed by atoms with Gasteiger partial charge in [0.2, 0.25) is 0 Å². The van der Waals surface area contributed by atoms with Crippen LogP contribution in [0.5, 0.6) is 5.75 Å². The molecule has 0 amide bonds. The lowest BCUT2D eigenvalue weighted by Gasteiger charge is -2.06. The van der Waals surface area contributed by atoms with Crippen molar-refractivity contribution in [3.05, 3.63) is 42.3 Å². The number of nitrogens with two attached hydrogens (primary N) is 1. The van der Waals surface area contributed by atoms with Crippen molar-refractivity contribution < 1.29 is 18.8 Å². The lowest BCUT2D eigenvalue weighted by atomic mass is 10.3. The molecule has 6 heteroatoms. The second-order valence-corrected chi connectivity index (χ2v) is 3.55. The number of esters is 1. The van der Waals surface area contributed by atoms with Crippen LogP contribution in [0.1, 0.15) is 5.56 Å². The molecule has 2 N–H and O–H groups in total. The fourth-order valence-electron chi connectivity index (χ4n) is 1.25. The predicted octanol–water partition coefficient (Wildman–Crippen LogP) is 1.38. The normalized spacial score (nSPS) is 10.0. The Kier molecular flexibility index (Phi) is 3.80. The van der Waals surface area contributed by atoms with Crippen LogP contribution in [0.3, 0.4) is 0 Å². The molecular formula is C12H12N2O4. The van der Waals surface area contributed by atoms with Gasteiger partial charge in [-0.1, -0.05) is 11.2 Å². The topological polar surface area (TPSA) is 87.6 Å². The van der Waals surface area contributed by atoms with E-state index in [9.17, 15) is 4.79 Å². The monoisotopic (exact) mass is 248 g/mol. The second kappa shape index (κ2) is 5.72. The Bertz CT molecular complexity index is 511. The average molecular weight is 248 g/mol. The van der Waals surface area contributed by atoms with Gasteiger partial charge in [0.15, 0.2) is 6.61 Å². The van der Waals surface area contributed by atoms with Gasteiger partial charge in [0.05, 0.1) is 6.20 Å². The Morgan fingerprint density at radius 1 is 1.44 bits per heavy atom. The number of rotatable bonds is 5. The van der Waals surface area contributed by atoms with Crippen LogP contribution in [-0.2, 0) is 16.1 Å². The third kappa shape index (κ3) is 3.51. The first-order valence-corrected chi connectivity index (χ1v) is 5.26. The van der Waals surface area contributed by atoms with E-state index in [1.807, 2.05) is 0 Å². The minimum atomic E-state index is -0.473. The molecule has 0 saturated carbocycles. The van der Waals surface area contributed by atoms with E-state index in [2.05, 4.69) is 9.68 Å². The van der Waals surface area contributed by atoms with E-state index < -0.39 is 5.97 Å². The number of ether oxygens (including phenoxy) is 2. The molecule has 0 saturated heterocycles. The summed E-state index contributed by atoms with van der Waals surface area (Å²) in [6.07, 6.45) is 2.89. The molecule has 0 aliphatic carbocycles. The van der Waals surface area contributed by atoms with E-state index >= 15 is 0 Å². The highest BCUT2D eigenvalue weighted by atomic mass is 16.6. The van der Waals surface area contributed by atoms with Crippen molar-refractivity contribution in [3.8, 4) is 5.75 Å². The predicted molar refractivity (Wildman–Crippen MR) is 62.6 cm³/mol. The van der Waals surface area contributed by atoms with E-state index in [1.54, 1.807) is 24.3 Å². The molecule has 1 aromatic carbocycles. The van der Waals surface area contributed by atoms with E-state index in [0.717, 1.165) is 0 Å². The van der Waals surface area contributed by atoms with Crippen molar-refractivity contribution in [1.29, 1.82) is 0 Å². The van der Waals surface area contributed by atoms with Gasteiger partial charge < -0.3 is 19.7 Å². The number of hydrogen-bond donors (Lipinski definition) is 1. The highest BCUT2D eigenvalue weighted by molar-refractivity contribution is 5.71. The summed E-state index contributed by atoms with van der Waals surface area (Å²) in [5.41, 5.74) is 6.84. The largest absolute Gasteiger partial charge is 0.482 e. The maximum absolute atomic E-state index is 11.4. The molecule has 0 atom stereocenters. The zero-order chi connectivity index (χ0) is 12.8. The molecule has 18 heavy (non-hydrogen) atoms. The van der Waals surface area contributed by atoms with E-state index in [1.165, 1.54) is 12.5 Å². The summed E-state index contributed by atoms with van der Waals surface area (Å²) in [6, 6.07) is 6.82. The zero-order valence-corrected chi connectivity index (χ0v) is 9.54. The zero-order valence-electron chi connectivity index (χ0n) is 9.54. The number of anilines is 1. The van der Waals surface area contributed by atoms with Crippen LogP contribution in [-0.4, -0.2) is 17.7 Å². The number of carbonyl (C=O) groups excluding carboxylic acids is 1. The molecule has 2 aromatic rings. The van der Waals surface area contributed by atoms with E-state index in [4.69, 9.17) is 15.2 Å². The van der Waals surface area contributed by atoms with Crippen molar-refractivity contribution in [3.63, 3.8) is 0 Å². The molecule has 0 radical (unpaired) electrons. The van der Waals surface area contributed by atoms with Gasteiger partial charge in [-0.15, -0.1) is 0 Å². The van der Waals surface area contributed by atoms with Gasteiger partial charge in [0.1, 0.15) is 18.6 Å². The summed E-state index contributed by atoms with van der Waals surface area (Å²) in [5, 5.41) is 3.49. The Morgan fingerprint density at radius 2 is 2.33 bits per heavy atom. The minimum absolute atomic E-state index is 0.114. The quantitative estimate of drug-likeness (QED) is 0.635. The third-order valence-electron chi connectivity index (χ3n) is 2.10. The van der Waals surface area contributed by atoms with Crippen LogP contribution in [0.25, 0.3) is 0 Å². The SMILES string of the molecule is Nc1cccc(OCC(=O)OCc2cnoc2)c1. The number of benzene rings is 1. The molecule has 0 aliphatic heterocycles. The molecule has 2 rings (SSSR count). The first-order valence-electron chi connectivity index (χ1n) is 5.26. The standard InChI is InChI=1S/C12H12N2O4/c13-10-2-1-3-11(4-10)16-8-12(15)17-6-9-5-14-18-7-9/h1-5,7H,6,8,13H2. The first-order chi connectivity index (χ1) is 8.74. The third-order valence-corrected chi connectivity index (χ3v) is 2.10. The summed E-state index contributed by atoms with van der Waals surface area (Å²) in [5.74, 6) is 0.0514. The smallest absolute Gasteiger partial charge is 0.344 e. The van der Waals surface area contributed by atoms with Gasteiger partial charge in [-0.25, -0.2) is 4.79 Å². The van der Waals surface area contributed by atoms with Crippen LogP contribution in [0.4, 0.5) is 5.69 Å². The van der Waals surface area contributed by atoms with Gasteiger partial charge in [-0.2, -0.15) is 0 Å². The van der Waals surface area contributed by atoms with Gasteiger partial charge in [-0.3, -0.25) is 0 Å². The Labute approximate surface area is 103 Å². The van der Waals surface area contributed by atoms with Crippen LogP contribution in [0, 0.1) is 0 Å². The van der Waals surface area contributed by atoms with Crippen molar-refractivity contribution in [2.45, 2.75) is 6.61 Å². The molecule has 1 heterocycles. The summed E-state index contributed by atoms with van der Waals surface area (Å²) in [7, 11) is 0. The molecule has 0 aliphatic rings. The Hall–Kier alpha value is -2.50. The number of hydrogen-bond acceptors (Lipinski definition) is 6. The van der Waals surface area contributed by atoms with Gasteiger partial charge in [0.25, 0.3) is 0 Å². The summed E-state index contributed by atoms with van der Waals surface area (Å²) in [6.45, 7) is -0.0582. The Morgan fingerprint density at radius 3 is 3.06 bits per heavy atom.